The summed E-state index contributed by atoms with van der Waals surface area (Å²) in [6, 6.07) is 6.95. The fraction of sp³-hybridized carbons (Fsp3) is 0.111. The van der Waals surface area contributed by atoms with Gasteiger partial charge in [-0.05, 0) is 12.1 Å². The van der Waals surface area contributed by atoms with Crippen LogP contribution in [0.3, 0.4) is 0 Å². The smallest absolute Gasteiger partial charge is 0.264 e. The molecule has 1 heterocycles. The number of hydrogen-bond donors (Lipinski definition) is 2. The second-order valence-corrected chi connectivity index (χ2v) is 3.98. The molecule has 1 amide bonds. The Morgan fingerprint density at radius 2 is 2.29 bits per heavy atom. The van der Waals surface area contributed by atoms with Crippen LogP contribution in [0.5, 0.6) is 0 Å². The molecule has 0 aliphatic carbocycles. The molecule has 14 heavy (non-hydrogen) atoms. The van der Waals surface area contributed by atoms with Crippen LogP contribution in [0.2, 0.25) is 0 Å². The summed E-state index contributed by atoms with van der Waals surface area (Å²) < 4.78 is 0.832. The van der Waals surface area contributed by atoms with E-state index in [4.69, 9.17) is 11.0 Å². The number of halogens is 1. The van der Waals surface area contributed by atoms with Gasteiger partial charge in [0, 0.05) is 15.7 Å². The average Bonchev–Trinajstić information content (AvgIpc) is 2.39. The van der Waals surface area contributed by atoms with E-state index in [0.717, 1.165) is 4.47 Å². The molecule has 0 radical (unpaired) electrons. The van der Waals surface area contributed by atoms with Crippen LogP contribution in [0.15, 0.2) is 22.7 Å². The number of nitrogens with one attached hydrogen (secondary N) is 1. The van der Waals surface area contributed by atoms with Crippen LogP contribution in [-0.4, -0.2) is 5.91 Å². The molecule has 0 spiro atoms. The monoisotopic (exact) mass is 251 g/mol. The van der Waals surface area contributed by atoms with Crippen molar-refractivity contribution in [3.8, 4) is 6.07 Å². The molecule has 0 saturated carbocycles. The van der Waals surface area contributed by atoms with Crippen molar-refractivity contribution in [1.82, 2.24) is 0 Å². The van der Waals surface area contributed by atoms with Crippen LogP contribution in [0.4, 0.5) is 5.69 Å². The predicted octanol–water partition coefficient (Wildman–Crippen LogP) is 1.08. The van der Waals surface area contributed by atoms with Gasteiger partial charge in [-0.1, -0.05) is 22.0 Å². The molecular weight excluding hydrogens is 246 g/mol. The summed E-state index contributed by atoms with van der Waals surface area (Å²) in [7, 11) is 0. The van der Waals surface area contributed by atoms with Crippen LogP contribution in [-0.2, 0) is 10.3 Å². The summed E-state index contributed by atoms with van der Waals surface area (Å²) in [5.41, 5.74) is 5.24. The maximum Gasteiger partial charge on any atom is 0.264 e. The van der Waals surface area contributed by atoms with Gasteiger partial charge in [0.05, 0.1) is 6.07 Å². The Balaban J connectivity index is 2.66. The number of anilines is 1. The van der Waals surface area contributed by atoms with Gasteiger partial charge in [0.1, 0.15) is 0 Å². The molecule has 1 aromatic rings. The Morgan fingerprint density at radius 1 is 1.57 bits per heavy atom. The van der Waals surface area contributed by atoms with Crippen molar-refractivity contribution in [1.29, 1.82) is 5.26 Å². The zero-order valence-electron chi connectivity index (χ0n) is 7.04. The van der Waals surface area contributed by atoms with Gasteiger partial charge >= 0.3 is 0 Å². The molecule has 3 N–H and O–H groups in total. The van der Waals surface area contributed by atoms with Gasteiger partial charge in [-0.15, -0.1) is 0 Å². The average molecular weight is 252 g/mol. The second-order valence-electron chi connectivity index (χ2n) is 3.06. The van der Waals surface area contributed by atoms with Crippen molar-refractivity contribution in [3.05, 3.63) is 28.2 Å². The maximum absolute atomic E-state index is 11.4. The number of benzene rings is 1. The number of rotatable bonds is 0. The summed E-state index contributed by atoms with van der Waals surface area (Å²) in [5, 5.41) is 11.4. The number of nitrogens with two attached hydrogens (primary N) is 1. The van der Waals surface area contributed by atoms with Crippen LogP contribution in [0, 0.1) is 11.3 Å². The zero-order valence-corrected chi connectivity index (χ0v) is 8.63. The van der Waals surface area contributed by atoms with Gasteiger partial charge in [0.25, 0.3) is 5.91 Å². The van der Waals surface area contributed by atoms with Crippen LogP contribution >= 0.6 is 15.9 Å². The molecule has 2 rings (SSSR count). The number of carbonyl (C=O) groups excluding carboxylic acids is 1. The van der Waals surface area contributed by atoms with Crippen molar-refractivity contribution in [2.24, 2.45) is 5.73 Å². The molecule has 5 heteroatoms. The quantitative estimate of drug-likeness (QED) is 0.725. The van der Waals surface area contributed by atoms with Gasteiger partial charge in [-0.2, -0.15) is 5.26 Å². The molecule has 1 aromatic carbocycles. The van der Waals surface area contributed by atoms with Gasteiger partial charge < -0.3 is 11.1 Å². The van der Waals surface area contributed by atoms with E-state index in [1.165, 1.54) is 0 Å². The van der Waals surface area contributed by atoms with E-state index in [9.17, 15) is 4.79 Å². The Kier molecular flexibility index (Phi) is 1.84. The molecule has 0 aromatic heterocycles. The molecule has 4 nitrogen and oxygen atoms in total. The van der Waals surface area contributed by atoms with Crippen LogP contribution in [0.1, 0.15) is 5.56 Å². The molecule has 0 bridgehead atoms. The molecular formula is C9H6BrN3O. The van der Waals surface area contributed by atoms with Crippen LogP contribution < -0.4 is 11.1 Å². The molecule has 0 saturated heterocycles. The highest BCUT2D eigenvalue weighted by molar-refractivity contribution is 9.10. The summed E-state index contributed by atoms with van der Waals surface area (Å²) in [4.78, 5) is 11.4. The molecule has 1 atom stereocenters. The third-order valence-electron chi connectivity index (χ3n) is 2.19. The first-order valence-corrected chi connectivity index (χ1v) is 4.69. The number of carbonyl (C=O) groups is 1. The Morgan fingerprint density at radius 3 is 2.93 bits per heavy atom. The minimum absolute atomic E-state index is 0.479. The number of amides is 1. The zero-order chi connectivity index (χ0) is 10.3. The SMILES string of the molecule is N#C[C@]1(N)C(=O)Nc2cc(Br)ccc21. The molecule has 70 valence electrons. The molecule has 1 aliphatic rings. The van der Waals surface area contributed by atoms with Gasteiger partial charge in [0.15, 0.2) is 0 Å². The summed E-state index contributed by atoms with van der Waals surface area (Å²) >= 11 is 3.27. The van der Waals surface area contributed by atoms with E-state index in [1.807, 2.05) is 6.07 Å². The first-order chi connectivity index (χ1) is 6.58. The van der Waals surface area contributed by atoms with E-state index in [1.54, 1.807) is 18.2 Å². The fourth-order valence-corrected chi connectivity index (χ4v) is 1.78. The second kappa shape index (κ2) is 2.80. The lowest BCUT2D eigenvalue weighted by Gasteiger charge is -2.11. The Bertz CT molecular complexity index is 466. The topological polar surface area (TPSA) is 78.9 Å². The predicted molar refractivity (Wildman–Crippen MR) is 54.3 cm³/mol. The number of fused-ring (bicyclic) bond motifs is 1. The lowest BCUT2D eigenvalue weighted by atomic mass is 9.94. The third-order valence-corrected chi connectivity index (χ3v) is 2.68. The third kappa shape index (κ3) is 1.05. The van der Waals surface area contributed by atoms with Crippen molar-refractivity contribution >= 4 is 27.5 Å². The van der Waals surface area contributed by atoms with Gasteiger partial charge in [0.2, 0.25) is 5.54 Å². The lowest BCUT2D eigenvalue weighted by molar-refractivity contribution is -0.118. The van der Waals surface area contributed by atoms with E-state index in [2.05, 4.69) is 21.2 Å². The van der Waals surface area contributed by atoms with Crippen molar-refractivity contribution < 1.29 is 4.79 Å². The highest BCUT2D eigenvalue weighted by atomic mass is 79.9. The normalized spacial score (nSPS) is 23.9. The highest BCUT2D eigenvalue weighted by Gasteiger charge is 2.43. The summed E-state index contributed by atoms with van der Waals surface area (Å²) in [6.07, 6.45) is 0. The van der Waals surface area contributed by atoms with Crippen LogP contribution in [0.25, 0.3) is 0 Å². The van der Waals surface area contributed by atoms with E-state index in [-0.39, 0.29) is 0 Å². The number of nitriles is 1. The van der Waals surface area contributed by atoms with Crippen molar-refractivity contribution in [2.45, 2.75) is 5.54 Å². The maximum atomic E-state index is 11.4. The Hall–Kier alpha value is -1.38. The molecule has 0 unspecified atom stereocenters. The lowest BCUT2D eigenvalue weighted by Crippen LogP contribution is -2.41. The summed E-state index contributed by atoms with van der Waals surface area (Å²) in [5.74, 6) is -0.479. The van der Waals surface area contributed by atoms with E-state index >= 15 is 0 Å². The number of hydrogen-bond acceptors (Lipinski definition) is 3. The first kappa shape index (κ1) is 9.19. The fourth-order valence-electron chi connectivity index (χ4n) is 1.42. The molecule has 0 fully saturated rings. The largest absolute Gasteiger partial charge is 0.323 e. The molecule has 1 aliphatic heterocycles. The summed E-state index contributed by atoms with van der Waals surface area (Å²) in [6.45, 7) is 0. The first-order valence-electron chi connectivity index (χ1n) is 3.89. The Labute approximate surface area is 88.8 Å². The number of nitrogens with zero attached hydrogens (tertiary/aromatic N) is 1. The highest BCUT2D eigenvalue weighted by Crippen LogP contribution is 2.35. The van der Waals surface area contributed by atoms with E-state index < -0.39 is 11.4 Å². The minimum atomic E-state index is -1.55. The minimum Gasteiger partial charge on any atom is -0.323 e. The van der Waals surface area contributed by atoms with Crippen molar-refractivity contribution in [3.63, 3.8) is 0 Å². The standard InChI is InChI=1S/C9H6BrN3O/c10-5-1-2-6-7(3-5)13-8(14)9(6,12)4-11/h1-3H,12H2,(H,13,14)/t9-/m1/s1. The van der Waals surface area contributed by atoms with Crippen molar-refractivity contribution in [2.75, 3.05) is 5.32 Å². The van der Waals surface area contributed by atoms with Gasteiger partial charge in [-0.3, -0.25) is 4.79 Å². The van der Waals surface area contributed by atoms with E-state index in [0.29, 0.717) is 11.3 Å². The van der Waals surface area contributed by atoms with Gasteiger partial charge in [-0.25, -0.2) is 0 Å².